The second-order valence-corrected chi connectivity index (χ2v) is 8.77. The molecule has 10 heteroatoms. The second-order valence-electron chi connectivity index (χ2n) is 8.77. The molecule has 3 atom stereocenters. The molecule has 1 N–H and O–H groups in total. The van der Waals surface area contributed by atoms with Gasteiger partial charge in [-0.3, -0.25) is 9.80 Å². The van der Waals surface area contributed by atoms with Gasteiger partial charge in [-0.05, 0) is 47.9 Å². The molecule has 0 amide bonds. The van der Waals surface area contributed by atoms with Gasteiger partial charge in [0.1, 0.15) is 17.7 Å². The minimum absolute atomic E-state index is 0.169. The van der Waals surface area contributed by atoms with Gasteiger partial charge < -0.3 is 14.6 Å². The molecule has 2 fully saturated rings. The lowest BCUT2D eigenvalue weighted by Gasteiger charge is -2.41. The number of morpholine rings is 1. The predicted octanol–water partition coefficient (Wildman–Crippen LogP) is 4.14. The fraction of sp³-hybridized carbons (Fsp3) is 0.462. The third kappa shape index (κ3) is 6.60. The summed E-state index contributed by atoms with van der Waals surface area (Å²) in [6, 6.07) is 7.18. The van der Waals surface area contributed by atoms with Crippen LogP contribution in [0.15, 0.2) is 42.5 Å². The van der Waals surface area contributed by atoms with Crippen molar-refractivity contribution in [1.82, 2.24) is 9.80 Å². The fourth-order valence-electron chi connectivity index (χ4n) is 4.22. The van der Waals surface area contributed by atoms with E-state index < -0.39 is 48.4 Å². The molecule has 0 bridgehead atoms. The highest BCUT2D eigenvalue weighted by Gasteiger charge is 2.37. The van der Waals surface area contributed by atoms with Gasteiger partial charge in [0, 0.05) is 19.6 Å². The number of hydrogen-bond acceptors (Lipinski definition) is 5. The van der Waals surface area contributed by atoms with Gasteiger partial charge >= 0.3 is 6.18 Å². The summed E-state index contributed by atoms with van der Waals surface area (Å²) < 4.78 is 79.0. The van der Waals surface area contributed by atoms with Crippen LogP contribution in [0.4, 0.5) is 22.0 Å². The highest BCUT2D eigenvalue weighted by atomic mass is 19.4. The van der Waals surface area contributed by atoms with Gasteiger partial charge in [0.2, 0.25) is 0 Å². The number of rotatable bonds is 7. The van der Waals surface area contributed by atoms with Gasteiger partial charge in [0.15, 0.2) is 6.29 Å². The van der Waals surface area contributed by atoms with Crippen molar-refractivity contribution in [2.45, 2.75) is 31.0 Å². The van der Waals surface area contributed by atoms with Crippen molar-refractivity contribution in [3.63, 3.8) is 0 Å². The first-order chi connectivity index (χ1) is 17.2. The standard InChI is InChI=1S/C26H27F5N2O3/c27-21-6-4-18(5-7-21)24-25(35-13-12-33(24)11-2-1-8-32-9-3-10-32)36-23(17-34)19-14-20(26(29,30)31)16-22(28)15-19/h4-7,14-16,23-25,34H,3,8-13,17H2/t23-,24+,25-/m1/s1. The number of benzene rings is 2. The van der Waals surface area contributed by atoms with Gasteiger partial charge in [0.25, 0.3) is 0 Å². The summed E-state index contributed by atoms with van der Waals surface area (Å²) in [6.07, 6.45) is -5.91. The molecule has 5 nitrogen and oxygen atoms in total. The van der Waals surface area contributed by atoms with E-state index >= 15 is 0 Å². The first-order valence-corrected chi connectivity index (χ1v) is 11.7. The molecule has 0 saturated carbocycles. The molecule has 2 aromatic rings. The zero-order chi connectivity index (χ0) is 25.7. The van der Waals surface area contributed by atoms with E-state index in [-0.39, 0.29) is 12.2 Å². The third-order valence-corrected chi connectivity index (χ3v) is 6.27. The van der Waals surface area contributed by atoms with Crippen molar-refractivity contribution in [3.8, 4) is 11.8 Å². The third-order valence-electron chi connectivity index (χ3n) is 6.27. The molecule has 36 heavy (non-hydrogen) atoms. The van der Waals surface area contributed by atoms with Crippen LogP contribution in [0.2, 0.25) is 0 Å². The number of likely N-dealkylation sites (tertiary alicyclic amines) is 1. The SMILES string of the molecule is OC[C@@H](O[C@H]1OCCN(CC#CCN2CCC2)[C@H]1c1ccc(F)cc1)c1cc(F)cc(C(F)(F)F)c1. The summed E-state index contributed by atoms with van der Waals surface area (Å²) in [7, 11) is 0. The van der Waals surface area contributed by atoms with E-state index in [1.807, 2.05) is 4.90 Å². The summed E-state index contributed by atoms with van der Waals surface area (Å²) in [5, 5.41) is 9.93. The Morgan fingerprint density at radius 3 is 2.36 bits per heavy atom. The molecule has 2 heterocycles. The van der Waals surface area contributed by atoms with Crippen LogP contribution in [0, 0.1) is 23.5 Å². The molecule has 2 aromatic carbocycles. The monoisotopic (exact) mass is 510 g/mol. The quantitative estimate of drug-likeness (QED) is 0.448. The first-order valence-electron chi connectivity index (χ1n) is 11.7. The Kier molecular flexibility index (Phi) is 8.59. The van der Waals surface area contributed by atoms with E-state index in [0.717, 1.165) is 25.2 Å². The minimum atomic E-state index is -4.76. The van der Waals surface area contributed by atoms with E-state index in [1.54, 1.807) is 12.1 Å². The van der Waals surface area contributed by atoms with Gasteiger partial charge in [-0.2, -0.15) is 13.2 Å². The van der Waals surface area contributed by atoms with Crippen molar-refractivity contribution in [2.75, 3.05) is 45.9 Å². The normalized spacial score (nSPS) is 21.9. The number of halogens is 5. The molecular weight excluding hydrogens is 483 g/mol. The summed E-state index contributed by atoms with van der Waals surface area (Å²) in [5.41, 5.74) is -0.700. The van der Waals surface area contributed by atoms with Crippen molar-refractivity contribution >= 4 is 0 Å². The summed E-state index contributed by atoms with van der Waals surface area (Å²) in [5.74, 6) is 4.76. The lowest BCUT2D eigenvalue weighted by Crippen LogP contribution is -2.47. The van der Waals surface area contributed by atoms with Crippen LogP contribution in [-0.2, 0) is 15.7 Å². The molecule has 0 spiro atoms. The van der Waals surface area contributed by atoms with E-state index in [1.165, 1.54) is 18.6 Å². The highest BCUT2D eigenvalue weighted by molar-refractivity contribution is 5.29. The average Bonchev–Trinajstić information content (AvgIpc) is 2.81. The van der Waals surface area contributed by atoms with Crippen LogP contribution in [0.25, 0.3) is 0 Å². The number of aliphatic hydroxyl groups excluding tert-OH is 1. The summed E-state index contributed by atoms with van der Waals surface area (Å²) in [6.45, 7) is 3.11. The number of aliphatic hydroxyl groups is 1. The Morgan fingerprint density at radius 2 is 1.72 bits per heavy atom. The number of nitrogens with zero attached hydrogens (tertiary/aromatic N) is 2. The summed E-state index contributed by atoms with van der Waals surface area (Å²) >= 11 is 0. The topological polar surface area (TPSA) is 45.2 Å². The fourth-order valence-corrected chi connectivity index (χ4v) is 4.22. The van der Waals surface area contributed by atoms with Crippen molar-refractivity contribution in [3.05, 3.63) is 70.8 Å². The molecule has 194 valence electrons. The molecule has 2 aliphatic heterocycles. The minimum Gasteiger partial charge on any atom is -0.393 e. The Hall–Kier alpha value is -2.55. The highest BCUT2D eigenvalue weighted by Crippen LogP contribution is 2.36. The molecule has 0 unspecified atom stereocenters. The van der Waals surface area contributed by atoms with Crippen LogP contribution in [0.3, 0.4) is 0 Å². The van der Waals surface area contributed by atoms with E-state index in [2.05, 4.69) is 16.7 Å². The first kappa shape index (κ1) is 26.5. The number of hydrogen-bond donors (Lipinski definition) is 1. The maximum Gasteiger partial charge on any atom is 0.416 e. The number of alkyl halides is 3. The van der Waals surface area contributed by atoms with Crippen LogP contribution in [0.1, 0.15) is 35.3 Å². The molecular formula is C26H27F5N2O3. The van der Waals surface area contributed by atoms with Crippen LogP contribution >= 0.6 is 0 Å². The zero-order valence-electron chi connectivity index (χ0n) is 19.5. The molecule has 4 rings (SSSR count). The predicted molar refractivity (Wildman–Crippen MR) is 122 cm³/mol. The van der Waals surface area contributed by atoms with Crippen molar-refractivity contribution in [1.29, 1.82) is 0 Å². The Balaban J connectivity index is 1.57. The Bertz CT molecular complexity index is 1080. The Morgan fingerprint density at radius 1 is 1.00 bits per heavy atom. The molecule has 0 radical (unpaired) electrons. The zero-order valence-corrected chi connectivity index (χ0v) is 19.5. The van der Waals surface area contributed by atoms with E-state index in [0.29, 0.717) is 31.3 Å². The smallest absolute Gasteiger partial charge is 0.393 e. The largest absolute Gasteiger partial charge is 0.416 e. The molecule has 0 aliphatic carbocycles. The van der Waals surface area contributed by atoms with E-state index in [4.69, 9.17) is 9.47 Å². The Labute approximate surface area is 206 Å². The second kappa shape index (κ2) is 11.7. The van der Waals surface area contributed by atoms with Crippen molar-refractivity contribution in [2.24, 2.45) is 0 Å². The van der Waals surface area contributed by atoms with Gasteiger partial charge in [-0.15, -0.1) is 0 Å². The maximum atomic E-state index is 14.0. The van der Waals surface area contributed by atoms with Crippen molar-refractivity contribution < 1.29 is 36.5 Å². The molecule has 0 aromatic heterocycles. The van der Waals surface area contributed by atoms with Gasteiger partial charge in [0.05, 0.1) is 37.9 Å². The van der Waals surface area contributed by atoms with Crippen LogP contribution in [-0.4, -0.2) is 67.1 Å². The molecule has 2 aliphatic rings. The number of ether oxygens (including phenoxy) is 2. The lowest BCUT2D eigenvalue weighted by molar-refractivity contribution is -0.235. The lowest BCUT2D eigenvalue weighted by atomic mass is 10.0. The summed E-state index contributed by atoms with van der Waals surface area (Å²) in [4.78, 5) is 4.20. The maximum absolute atomic E-state index is 14.0. The average molecular weight is 511 g/mol. The van der Waals surface area contributed by atoms with Crippen LogP contribution in [0.5, 0.6) is 0 Å². The van der Waals surface area contributed by atoms with E-state index in [9.17, 15) is 27.1 Å². The molecule has 2 saturated heterocycles. The van der Waals surface area contributed by atoms with Crippen LogP contribution < -0.4 is 0 Å². The van der Waals surface area contributed by atoms with Gasteiger partial charge in [-0.25, -0.2) is 8.78 Å². The van der Waals surface area contributed by atoms with Gasteiger partial charge in [-0.1, -0.05) is 24.0 Å².